The molecule has 142 valence electrons. The molecule has 0 N–H and O–H groups in total. The molecule has 0 aromatic rings. The monoisotopic (exact) mass is 328 g/mol. The Morgan fingerprint density at radius 3 is 1.57 bits per heavy atom. The van der Waals surface area contributed by atoms with Gasteiger partial charge in [-0.1, -0.05) is 68.2 Å². The first-order valence-corrected chi connectivity index (χ1v) is 10.5. The molecule has 0 radical (unpaired) electrons. The predicted octanol–water partition coefficient (Wildman–Crippen LogP) is 5.92. The van der Waals surface area contributed by atoms with Gasteiger partial charge in [0.1, 0.15) is 0 Å². The standard InChI is InChI=1S/C16H34N2.C3H8.C2H6/c1-5-16(4)8-10-18-13-11-17(12-14-18)9-6-7-15(2)3;1-3-2;1-2/h15-16H,5-14H2,1-4H3;3H2,1-2H3;1-2H3. The minimum atomic E-state index is 0.863. The normalized spacial score (nSPS) is 17.1. The molecule has 0 bridgehead atoms. The Kier molecular flexibility index (Phi) is 20.0. The van der Waals surface area contributed by atoms with E-state index in [-0.39, 0.29) is 0 Å². The van der Waals surface area contributed by atoms with E-state index in [9.17, 15) is 0 Å². The maximum atomic E-state index is 2.66. The van der Waals surface area contributed by atoms with Gasteiger partial charge in [0, 0.05) is 26.2 Å². The molecule has 1 unspecified atom stereocenters. The summed E-state index contributed by atoms with van der Waals surface area (Å²) in [6.45, 7) is 25.4. The highest BCUT2D eigenvalue weighted by Crippen LogP contribution is 2.11. The van der Waals surface area contributed by atoms with Gasteiger partial charge in [0.15, 0.2) is 0 Å². The molecule has 1 saturated heterocycles. The van der Waals surface area contributed by atoms with Crippen molar-refractivity contribution in [1.29, 1.82) is 0 Å². The topological polar surface area (TPSA) is 6.48 Å². The van der Waals surface area contributed by atoms with E-state index in [1.807, 2.05) is 13.8 Å². The van der Waals surface area contributed by atoms with Gasteiger partial charge < -0.3 is 9.80 Å². The summed E-state index contributed by atoms with van der Waals surface area (Å²) in [5, 5.41) is 0. The maximum absolute atomic E-state index is 2.66. The Labute approximate surface area is 149 Å². The lowest BCUT2D eigenvalue weighted by Crippen LogP contribution is -2.46. The summed E-state index contributed by atoms with van der Waals surface area (Å²) in [7, 11) is 0. The SMILES string of the molecule is CC.CCC.CCC(C)CCN1CCN(CCCC(C)C)CC1. The molecule has 23 heavy (non-hydrogen) atoms. The zero-order chi connectivity index (χ0) is 18.1. The summed E-state index contributed by atoms with van der Waals surface area (Å²) in [5.41, 5.74) is 0. The summed E-state index contributed by atoms with van der Waals surface area (Å²) in [6.07, 6.45) is 6.72. The number of rotatable bonds is 8. The molecule has 1 heterocycles. The van der Waals surface area contributed by atoms with Gasteiger partial charge in [-0.2, -0.15) is 0 Å². The predicted molar refractivity (Wildman–Crippen MR) is 108 cm³/mol. The molecule has 0 amide bonds. The van der Waals surface area contributed by atoms with Crippen LogP contribution >= 0.6 is 0 Å². The largest absolute Gasteiger partial charge is 0.301 e. The van der Waals surface area contributed by atoms with Crippen LogP contribution in [0.1, 0.15) is 87.5 Å². The Bertz CT molecular complexity index is 208. The molecule has 0 saturated carbocycles. The minimum absolute atomic E-state index is 0.863. The average molecular weight is 329 g/mol. The molecular formula is C21H48N2. The molecule has 1 aliphatic heterocycles. The van der Waals surface area contributed by atoms with Crippen molar-refractivity contribution in [2.24, 2.45) is 11.8 Å². The molecule has 2 heteroatoms. The van der Waals surface area contributed by atoms with Crippen LogP contribution in [-0.4, -0.2) is 49.1 Å². The fourth-order valence-corrected chi connectivity index (χ4v) is 2.57. The summed E-state index contributed by atoms with van der Waals surface area (Å²) in [6, 6.07) is 0. The molecule has 1 fully saturated rings. The number of nitrogens with zero attached hydrogens (tertiary/aromatic N) is 2. The van der Waals surface area contributed by atoms with Gasteiger partial charge in [0.2, 0.25) is 0 Å². The van der Waals surface area contributed by atoms with Gasteiger partial charge in [0.05, 0.1) is 0 Å². The molecule has 1 aliphatic rings. The Morgan fingerprint density at radius 1 is 0.739 bits per heavy atom. The van der Waals surface area contributed by atoms with Crippen LogP contribution in [0.5, 0.6) is 0 Å². The summed E-state index contributed by atoms with van der Waals surface area (Å²) in [5.74, 6) is 1.76. The first kappa shape index (κ1) is 25.2. The first-order chi connectivity index (χ1) is 11.0. The molecule has 2 nitrogen and oxygen atoms in total. The van der Waals surface area contributed by atoms with Gasteiger partial charge in [0.25, 0.3) is 0 Å². The van der Waals surface area contributed by atoms with Crippen LogP contribution in [-0.2, 0) is 0 Å². The Balaban J connectivity index is 0. The second-order valence-electron chi connectivity index (χ2n) is 7.23. The van der Waals surface area contributed by atoms with Crippen LogP contribution in [0, 0.1) is 11.8 Å². The number of hydrogen-bond donors (Lipinski definition) is 0. The molecule has 0 aromatic carbocycles. The van der Waals surface area contributed by atoms with Crippen LogP contribution in [0.2, 0.25) is 0 Å². The van der Waals surface area contributed by atoms with E-state index in [4.69, 9.17) is 0 Å². The van der Waals surface area contributed by atoms with Gasteiger partial charge in [-0.25, -0.2) is 0 Å². The quantitative estimate of drug-likeness (QED) is 0.546. The van der Waals surface area contributed by atoms with Crippen LogP contribution < -0.4 is 0 Å². The van der Waals surface area contributed by atoms with Gasteiger partial charge in [-0.15, -0.1) is 0 Å². The summed E-state index contributed by atoms with van der Waals surface area (Å²) in [4.78, 5) is 5.31. The fraction of sp³-hybridized carbons (Fsp3) is 1.00. The van der Waals surface area contributed by atoms with E-state index < -0.39 is 0 Å². The Morgan fingerprint density at radius 2 is 1.17 bits per heavy atom. The number of piperazine rings is 1. The lowest BCUT2D eigenvalue weighted by molar-refractivity contribution is 0.125. The highest BCUT2D eigenvalue weighted by molar-refractivity contribution is 4.72. The van der Waals surface area contributed by atoms with E-state index in [1.165, 1.54) is 71.4 Å². The lowest BCUT2D eigenvalue weighted by Gasteiger charge is -2.35. The van der Waals surface area contributed by atoms with Crippen molar-refractivity contribution < 1.29 is 0 Å². The first-order valence-electron chi connectivity index (χ1n) is 10.5. The average Bonchev–Trinajstić information content (AvgIpc) is 2.56. The molecule has 0 aliphatic carbocycles. The van der Waals surface area contributed by atoms with Gasteiger partial charge in [-0.05, 0) is 44.2 Å². The van der Waals surface area contributed by atoms with Crippen LogP contribution in [0.4, 0.5) is 0 Å². The highest BCUT2D eigenvalue weighted by Gasteiger charge is 2.16. The van der Waals surface area contributed by atoms with E-state index >= 15 is 0 Å². The zero-order valence-electron chi connectivity index (χ0n) is 17.8. The number of hydrogen-bond acceptors (Lipinski definition) is 2. The third kappa shape index (κ3) is 16.6. The molecule has 1 atom stereocenters. The van der Waals surface area contributed by atoms with E-state index in [0.717, 1.165) is 11.8 Å². The molecule has 0 spiro atoms. The zero-order valence-corrected chi connectivity index (χ0v) is 17.8. The van der Waals surface area contributed by atoms with Gasteiger partial charge in [-0.3, -0.25) is 0 Å². The fourth-order valence-electron chi connectivity index (χ4n) is 2.57. The third-order valence-corrected chi connectivity index (χ3v) is 4.36. The van der Waals surface area contributed by atoms with E-state index in [2.05, 4.69) is 51.3 Å². The third-order valence-electron chi connectivity index (χ3n) is 4.36. The van der Waals surface area contributed by atoms with Crippen molar-refractivity contribution in [2.75, 3.05) is 39.3 Å². The van der Waals surface area contributed by atoms with Crippen molar-refractivity contribution in [3.63, 3.8) is 0 Å². The van der Waals surface area contributed by atoms with Crippen molar-refractivity contribution in [3.05, 3.63) is 0 Å². The highest BCUT2D eigenvalue weighted by atomic mass is 15.3. The Hall–Kier alpha value is -0.0800. The molecular weight excluding hydrogens is 280 g/mol. The second kappa shape index (κ2) is 18.3. The second-order valence-corrected chi connectivity index (χ2v) is 7.23. The van der Waals surface area contributed by atoms with E-state index in [0.29, 0.717) is 0 Å². The van der Waals surface area contributed by atoms with Crippen molar-refractivity contribution in [2.45, 2.75) is 87.5 Å². The van der Waals surface area contributed by atoms with Crippen LogP contribution in [0.25, 0.3) is 0 Å². The van der Waals surface area contributed by atoms with E-state index in [1.54, 1.807) is 0 Å². The van der Waals surface area contributed by atoms with Crippen LogP contribution in [0.3, 0.4) is 0 Å². The maximum Gasteiger partial charge on any atom is 0.0110 e. The molecule has 1 rings (SSSR count). The smallest absolute Gasteiger partial charge is 0.0110 e. The lowest BCUT2D eigenvalue weighted by atomic mass is 10.0. The van der Waals surface area contributed by atoms with Gasteiger partial charge >= 0.3 is 0 Å². The van der Waals surface area contributed by atoms with Crippen LogP contribution in [0.15, 0.2) is 0 Å². The van der Waals surface area contributed by atoms with Crippen molar-refractivity contribution >= 4 is 0 Å². The van der Waals surface area contributed by atoms with Crippen molar-refractivity contribution in [1.82, 2.24) is 9.80 Å². The summed E-state index contributed by atoms with van der Waals surface area (Å²) < 4.78 is 0. The summed E-state index contributed by atoms with van der Waals surface area (Å²) >= 11 is 0. The van der Waals surface area contributed by atoms with Crippen molar-refractivity contribution in [3.8, 4) is 0 Å². The molecule has 0 aromatic heterocycles. The minimum Gasteiger partial charge on any atom is -0.301 e.